The molecule has 154 valence electrons. The number of alkyl halides is 2. The number of carbonyl (C=O) groups excluding carboxylic acids is 2. The van der Waals surface area contributed by atoms with Crippen molar-refractivity contribution in [1.82, 2.24) is 0 Å². The average Bonchev–Trinajstić information content (AvgIpc) is 2.91. The molecule has 3 saturated carbocycles. The lowest BCUT2D eigenvalue weighted by atomic mass is 9.44. The lowest BCUT2D eigenvalue weighted by Gasteiger charge is -2.63. The zero-order chi connectivity index (χ0) is 20.7. The smallest absolute Gasteiger partial charge is 0.190 e. The van der Waals surface area contributed by atoms with Crippen LogP contribution in [0.5, 0.6) is 0 Å². The van der Waals surface area contributed by atoms with E-state index in [1.54, 1.807) is 6.92 Å². The van der Waals surface area contributed by atoms with E-state index < -0.39 is 64.4 Å². The van der Waals surface area contributed by atoms with Gasteiger partial charge in [0.05, 0.1) is 6.10 Å². The molecule has 0 aromatic rings. The molecule has 4 rings (SSSR count). The molecule has 0 spiro atoms. The molecule has 3 N–H and O–H groups in total. The first-order chi connectivity index (χ1) is 13.0. The van der Waals surface area contributed by atoms with Crippen LogP contribution in [0.25, 0.3) is 0 Å². The molecule has 0 radical (unpaired) electrons. The molecule has 8 atom stereocenters. The maximum atomic E-state index is 16.7. The minimum absolute atomic E-state index is 0.0392. The van der Waals surface area contributed by atoms with Crippen molar-refractivity contribution in [2.24, 2.45) is 22.7 Å². The van der Waals surface area contributed by atoms with Crippen LogP contribution in [-0.4, -0.2) is 57.0 Å². The third kappa shape index (κ3) is 2.05. The molecule has 3 fully saturated rings. The lowest BCUT2D eigenvalue weighted by Crippen LogP contribution is -2.70. The van der Waals surface area contributed by atoms with Gasteiger partial charge < -0.3 is 15.3 Å². The number of ketones is 2. The number of aliphatic hydroxyl groups is 3. The maximum Gasteiger partial charge on any atom is 0.190 e. The Morgan fingerprint density at radius 3 is 2.64 bits per heavy atom. The van der Waals surface area contributed by atoms with Crippen molar-refractivity contribution in [2.45, 2.75) is 63.1 Å². The second-order valence-corrected chi connectivity index (χ2v) is 9.34. The number of fused-ring (bicyclic) bond motifs is 5. The number of allylic oxidation sites excluding steroid dienone is 4. The Morgan fingerprint density at radius 2 is 2.00 bits per heavy atom. The Hall–Kier alpha value is -1.44. The summed E-state index contributed by atoms with van der Waals surface area (Å²) in [6.07, 6.45) is 0.509. The predicted molar refractivity (Wildman–Crippen MR) is 95.7 cm³/mol. The van der Waals surface area contributed by atoms with E-state index in [4.69, 9.17) is 0 Å². The fourth-order valence-corrected chi connectivity index (χ4v) is 6.80. The highest BCUT2D eigenvalue weighted by Gasteiger charge is 2.75. The van der Waals surface area contributed by atoms with E-state index in [-0.39, 0.29) is 24.8 Å². The zero-order valence-corrected chi connectivity index (χ0v) is 16.0. The quantitative estimate of drug-likeness (QED) is 0.659. The molecule has 4 aliphatic carbocycles. The SMILES string of the molecule is CC12C=CC(=O)C=C1[C@@H](F)CC1[C@@H]3CC[C@](O)(C(=O)CO)C3(C)CC(O)[C@@]12F. The van der Waals surface area contributed by atoms with Crippen LogP contribution >= 0.6 is 0 Å². The lowest BCUT2D eigenvalue weighted by molar-refractivity contribution is -0.221. The number of hydrogen-bond donors (Lipinski definition) is 3. The molecular formula is C21H26F2O5. The molecule has 5 nitrogen and oxygen atoms in total. The van der Waals surface area contributed by atoms with Crippen molar-refractivity contribution >= 4 is 11.6 Å². The van der Waals surface area contributed by atoms with Crippen molar-refractivity contribution in [1.29, 1.82) is 0 Å². The molecule has 4 aliphatic rings. The summed E-state index contributed by atoms with van der Waals surface area (Å²) < 4.78 is 31.9. The normalized spacial score (nSPS) is 52.5. The van der Waals surface area contributed by atoms with Gasteiger partial charge in [-0.2, -0.15) is 0 Å². The van der Waals surface area contributed by atoms with Crippen molar-refractivity contribution in [3.63, 3.8) is 0 Å². The monoisotopic (exact) mass is 396 g/mol. The summed E-state index contributed by atoms with van der Waals surface area (Å²) in [5.41, 5.74) is -6.71. The third-order valence-corrected chi connectivity index (χ3v) is 8.39. The van der Waals surface area contributed by atoms with Crippen LogP contribution in [0.15, 0.2) is 23.8 Å². The molecule has 28 heavy (non-hydrogen) atoms. The van der Waals surface area contributed by atoms with E-state index in [1.807, 2.05) is 0 Å². The Balaban J connectivity index is 1.84. The van der Waals surface area contributed by atoms with E-state index in [1.165, 1.54) is 19.1 Å². The molecule has 0 amide bonds. The van der Waals surface area contributed by atoms with Gasteiger partial charge in [-0.25, -0.2) is 8.78 Å². The molecule has 0 aromatic heterocycles. The zero-order valence-electron chi connectivity index (χ0n) is 16.0. The second-order valence-electron chi connectivity index (χ2n) is 9.34. The predicted octanol–water partition coefficient (Wildman–Crippen LogP) is 1.60. The highest BCUT2D eigenvalue weighted by Crippen LogP contribution is 2.69. The van der Waals surface area contributed by atoms with Gasteiger partial charge in [0.15, 0.2) is 17.2 Å². The highest BCUT2D eigenvalue weighted by atomic mass is 19.1. The van der Waals surface area contributed by atoms with Gasteiger partial charge in [0, 0.05) is 16.7 Å². The van der Waals surface area contributed by atoms with Gasteiger partial charge in [-0.3, -0.25) is 9.59 Å². The summed E-state index contributed by atoms with van der Waals surface area (Å²) >= 11 is 0. The number of carbonyl (C=O) groups is 2. The minimum atomic E-state index is -2.23. The van der Waals surface area contributed by atoms with Crippen LogP contribution in [-0.2, 0) is 9.59 Å². The summed E-state index contributed by atoms with van der Waals surface area (Å²) in [4.78, 5) is 24.1. The van der Waals surface area contributed by atoms with Crippen molar-refractivity contribution in [3.8, 4) is 0 Å². The van der Waals surface area contributed by atoms with E-state index in [9.17, 15) is 24.9 Å². The molecule has 0 saturated heterocycles. The first kappa shape index (κ1) is 19.9. The first-order valence-corrected chi connectivity index (χ1v) is 9.78. The van der Waals surface area contributed by atoms with Gasteiger partial charge in [-0.05, 0) is 56.3 Å². The maximum absolute atomic E-state index is 16.7. The molecule has 0 aliphatic heterocycles. The molecule has 4 unspecified atom stereocenters. The second kappa shape index (κ2) is 5.80. The summed E-state index contributed by atoms with van der Waals surface area (Å²) in [5, 5.41) is 31.4. The first-order valence-electron chi connectivity index (χ1n) is 9.78. The number of rotatable bonds is 2. The van der Waals surface area contributed by atoms with Crippen LogP contribution in [0, 0.1) is 22.7 Å². The largest absolute Gasteiger partial charge is 0.390 e. The van der Waals surface area contributed by atoms with Gasteiger partial charge in [0.2, 0.25) is 0 Å². The summed E-state index contributed by atoms with van der Waals surface area (Å²) in [7, 11) is 0. The van der Waals surface area contributed by atoms with E-state index in [2.05, 4.69) is 0 Å². The van der Waals surface area contributed by atoms with Crippen LogP contribution in [0.3, 0.4) is 0 Å². The fourth-order valence-electron chi connectivity index (χ4n) is 6.80. The number of aliphatic hydroxyl groups excluding tert-OH is 2. The van der Waals surface area contributed by atoms with Crippen molar-refractivity contribution in [3.05, 3.63) is 23.8 Å². The molecule has 0 bridgehead atoms. The number of Topliss-reactive ketones (excluding diaryl/α,β-unsaturated/α-hetero) is 1. The molecule has 7 heteroatoms. The topological polar surface area (TPSA) is 94.8 Å². The fraction of sp³-hybridized carbons (Fsp3) is 0.714. The Morgan fingerprint density at radius 1 is 1.32 bits per heavy atom. The standard InChI is InChI=1S/C21H26F2O5/c1-18-5-3-11(25)7-14(18)15(22)8-13-12-4-6-20(28,17(27)10-24)19(12,2)9-16(26)21(13,18)23/h3,5,7,12-13,15-16,24,26,28H,4,6,8-10H2,1-2H3/t12-,13?,15-,16?,18?,19?,20-,21-/m0/s1. The third-order valence-electron chi connectivity index (χ3n) is 8.39. The average molecular weight is 396 g/mol. The number of halogens is 2. The van der Waals surface area contributed by atoms with E-state index in [0.29, 0.717) is 6.42 Å². The minimum Gasteiger partial charge on any atom is -0.390 e. The molecule has 0 aromatic carbocycles. The summed E-state index contributed by atoms with van der Waals surface area (Å²) in [5.74, 6) is -2.63. The van der Waals surface area contributed by atoms with E-state index >= 15 is 8.78 Å². The van der Waals surface area contributed by atoms with Gasteiger partial charge in [-0.15, -0.1) is 0 Å². The Kier molecular flexibility index (Phi) is 4.11. The van der Waals surface area contributed by atoms with Crippen LogP contribution in [0.1, 0.15) is 39.5 Å². The van der Waals surface area contributed by atoms with Crippen LogP contribution < -0.4 is 0 Å². The van der Waals surface area contributed by atoms with Gasteiger partial charge in [0.25, 0.3) is 0 Å². The van der Waals surface area contributed by atoms with Crippen LogP contribution in [0.4, 0.5) is 8.78 Å². The van der Waals surface area contributed by atoms with Gasteiger partial charge in [-0.1, -0.05) is 13.0 Å². The Labute approximate surface area is 162 Å². The van der Waals surface area contributed by atoms with Gasteiger partial charge in [0.1, 0.15) is 18.4 Å². The molecular weight excluding hydrogens is 370 g/mol. The van der Waals surface area contributed by atoms with Gasteiger partial charge >= 0.3 is 0 Å². The Bertz CT molecular complexity index is 809. The summed E-state index contributed by atoms with van der Waals surface area (Å²) in [6.45, 7) is 2.29. The van der Waals surface area contributed by atoms with Crippen LogP contribution in [0.2, 0.25) is 0 Å². The molecule has 0 heterocycles. The van der Waals surface area contributed by atoms with Crippen molar-refractivity contribution < 1.29 is 33.7 Å². The van der Waals surface area contributed by atoms with Crippen molar-refractivity contribution in [2.75, 3.05) is 6.61 Å². The summed E-state index contributed by atoms with van der Waals surface area (Å²) in [6, 6.07) is 0. The van der Waals surface area contributed by atoms with E-state index in [0.717, 1.165) is 6.08 Å². The highest BCUT2D eigenvalue weighted by molar-refractivity contribution is 6.01. The number of hydrogen-bond acceptors (Lipinski definition) is 5.